The first-order chi connectivity index (χ1) is 8.60. The van der Waals surface area contributed by atoms with Gasteiger partial charge in [-0.2, -0.15) is 5.10 Å². The highest BCUT2D eigenvalue weighted by molar-refractivity contribution is 9.10. The number of carbonyl (C=O) groups is 1. The number of nitrogens with zero attached hydrogens (tertiary/aromatic N) is 2. The largest absolute Gasteiger partial charge is 0.374 e. The normalized spacial score (nSPS) is 10.2. The third kappa shape index (κ3) is 3.83. The van der Waals surface area contributed by atoms with Crippen molar-refractivity contribution in [3.05, 3.63) is 21.0 Å². The highest BCUT2D eigenvalue weighted by Crippen LogP contribution is 2.15. The Morgan fingerprint density at radius 1 is 1.50 bits per heavy atom. The number of aryl methyl sites for hydroxylation is 1. The van der Waals surface area contributed by atoms with E-state index in [2.05, 4.69) is 31.7 Å². The number of amides is 1. The first kappa shape index (κ1) is 14.7. The maximum Gasteiger partial charge on any atom is 0.283 e. The van der Waals surface area contributed by atoms with Crippen molar-refractivity contribution in [1.29, 1.82) is 0 Å². The Kier molecular flexibility index (Phi) is 5.84. The predicted octanol–water partition coefficient (Wildman–Crippen LogP) is 0.964. The van der Waals surface area contributed by atoms with Gasteiger partial charge in [0.05, 0.1) is 18.4 Å². The maximum atomic E-state index is 11.8. The van der Waals surface area contributed by atoms with Crippen LogP contribution in [0, 0.1) is 0 Å². The number of hydrogen-bond donors (Lipinski definition) is 2. The quantitative estimate of drug-likeness (QED) is 0.819. The molecule has 0 aromatic carbocycles. The molecule has 1 aromatic rings. The lowest BCUT2D eigenvalue weighted by Gasteiger charge is -2.09. The van der Waals surface area contributed by atoms with Crippen LogP contribution >= 0.6 is 15.9 Å². The van der Waals surface area contributed by atoms with Crippen LogP contribution < -0.4 is 16.2 Å². The lowest BCUT2D eigenvalue weighted by molar-refractivity contribution is -0.119. The van der Waals surface area contributed by atoms with Crippen molar-refractivity contribution in [2.45, 2.75) is 26.8 Å². The van der Waals surface area contributed by atoms with E-state index in [9.17, 15) is 9.59 Å². The molecule has 1 amide bonds. The van der Waals surface area contributed by atoms with Crippen LogP contribution in [0.25, 0.3) is 0 Å². The standard InChI is InChI=1S/C11H17BrN4O2/c1-3-5-13-9(17)7-14-8-6-15-16(4-2)11(18)10(8)12/h6,14H,3-5,7H2,1-2H3,(H,13,17). The zero-order valence-corrected chi connectivity index (χ0v) is 12.1. The summed E-state index contributed by atoms with van der Waals surface area (Å²) in [6.45, 7) is 5.10. The Balaban J connectivity index is 2.66. The van der Waals surface area contributed by atoms with E-state index in [1.54, 1.807) is 0 Å². The first-order valence-electron chi connectivity index (χ1n) is 5.86. The molecular weight excluding hydrogens is 300 g/mol. The van der Waals surface area contributed by atoms with Gasteiger partial charge in [0.2, 0.25) is 5.91 Å². The topological polar surface area (TPSA) is 76.0 Å². The molecule has 1 rings (SSSR count). The fourth-order valence-electron chi connectivity index (χ4n) is 1.32. The Labute approximate surface area is 114 Å². The van der Waals surface area contributed by atoms with Gasteiger partial charge in [-0.15, -0.1) is 0 Å². The van der Waals surface area contributed by atoms with Gasteiger partial charge in [-0.1, -0.05) is 6.92 Å². The minimum absolute atomic E-state index is 0.108. The average Bonchev–Trinajstić information content (AvgIpc) is 2.38. The molecule has 0 aliphatic heterocycles. The van der Waals surface area contributed by atoms with Crippen molar-refractivity contribution in [3.63, 3.8) is 0 Å². The fraction of sp³-hybridized carbons (Fsp3) is 0.545. The Hall–Kier alpha value is -1.37. The number of hydrogen-bond acceptors (Lipinski definition) is 4. The van der Waals surface area contributed by atoms with Crippen LogP contribution in [0.2, 0.25) is 0 Å². The molecule has 0 bridgehead atoms. The van der Waals surface area contributed by atoms with E-state index < -0.39 is 0 Å². The molecular formula is C11H17BrN4O2. The highest BCUT2D eigenvalue weighted by Gasteiger charge is 2.08. The van der Waals surface area contributed by atoms with Crippen molar-refractivity contribution in [2.24, 2.45) is 0 Å². The third-order valence-corrected chi connectivity index (χ3v) is 3.06. The van der Waals surface area contributed by atoms with E-state index >= 15 is 0 Å². The van der Waals surface area contributed by atoms with Gasteiger partial charge in [0.15, 0.2) is 0 Å². The molecule has 0 aliphatic rings. The van der Waals surface area contributed by atoms with Gasteiger partial charge in [-0.05, 0) is 29.3 Å². The van der Waals surface area contributed by atoms with Crippen LogP contribution in [0.1, 0.15) is 20.3 Å². The second-order valence-electron chi connectivity index (χ2n) is 3.70. The van der Waals surface area contributed by atoms with Gasteiger partial charge < -0.3 is 10.6 Å². The summed E-state index contributed by atoms with van der Waals surface area (Å²) in [5.41, 5.74) is 0.313. The molecule has 0 aliphatic carbocycles. The molecule has 1 aromatic heterocycles. The number of carbonyl (C=O) groups excluding carboxylic acids is 1. The summed E-state index contributed by atoms with van der Waals surface area (Å²) in [4.78, 5) is 23.2. The molecule has 0 saturated carbocycles. The van der Waals surface area contributed by atoms with Gasteiger partial charge in [0.25, 0.3) is 5.56 Å². The molecule has 1 heterocycles. The number of anilines is 1. The van der Waals surface area contributed by atoms with Crippen LogP contribution in [0.3, 0.4) is 0 Å². The van der Waals surface area contributed by atoms with Gasteiger partial charge >= 0.3 is 0 Å². The van der Waals surface area contributed by atoms with Crippen LogP contribution in [0.4, 0.5) is 5.69 Å². The third-order valence-electron chi connectivity index (χ3n) is 2.30. The van der Waals surface area contributed by atoms with Crippen LogP contribution in [-0.4, -0.2) is 28.8 Å². The summed E-state index contributed by atoms with van der Waals surface area (Å²) in [6, 6.07) is 0. The summed E-state index contributed by atoms with van der Waals surface area (Å²) in [6.07, 6.45) is 2.42. The van der Waals surface area contributed by atoms with Crippen LogP contribution in [0.5, 0.6) is 0 Å². The van der Waals surface area contributed by atoms with Gasteiger partial charge in [-0.25, -0.2) is 4.68 Å². The molecule has 6 nitrogen and oxygen atoms in total. The minimum Gasteiger partial charge on any atom is -0.374 e. The zero-order chi connectivity index (χ0) is 13.5. The molecule has 0 saturated heterocycles. The molecule has 7 heteroatoms. The molecule has 0 unspecified atom stereocenters. The summed E-state index contributed by atoms with van der Waals surface area (Å²) in [7, 11) is 0. The molecule has 100 valence electrons. The Morgan fingerprint density at radius 2 is 2.22 bits per heavy atom. The fourth-order valence-corrected chi connectivity index (χ4v) is 1.76. The van der Waals surface area contributed by atoms with E-state index in [4.69, 9.17) is 0 Å². The summed E-state index contributed by atoms with van der Waals surface area (Å²) < 4.78 is 1.73. The number of halogens is 1. The van der Waals surface area contributed by atoms with E-state index in [0.29, 0.717) is 23.2 Å². The Morgan fingerprint density at radius 3 is 2.83 bits per heavy atom. The minimum atomic E-state index is -0.212. The zero-order valence-electron chi connectivity index (χ0n) is 10.5. The average molecular weight is 317 g/mol. The Bertz CT molecular complexity index is 473. The smallest absolute Gasteiger partial charge is 0.283 e. The van der Waals surface area contributed by atoms with Crippen molar-refractivity contribution >= 4 is 27.5 Å². The van der Waals surface area contributed by atoms with Gasteiger partial charge in [0, 0.05) is 13.1 Å². The second-order valence-corrected chi connectivity index (χ2v) is 4.49. The number of nitrogens with one attached hydrogen (secondary N) is 2. The highest BCUT2D eigenvalue weighted by atomic mass is 79.9. The van der Waals surface area contributed by atoms with E-state index in [-0.39, 0.29) is 18.0 Å². The number of aromatic nitrogens is 2. The monoisotopic (exact) mass is 316 g/mol. The van der Waals surface area contributed by atoms with Gasteiger partial charge in [0.1, 0.15) is 4.47 Å². The van der Waals surface area contributed by atoms with Crippen LogP contribution in [0.15, 0.2) is 15.5 Å². The van der Waals surface area contributed by atoms with Crippen molar-refractivity contribution in [3.8, 4) is 0 Å². The predicted molar refractivity (Wildman–Crippen MR) is 73.7 cm³/mol. The van der Waals surface area contributed by atoms with E-state index in [0.717, 1.165) is 6.42 Å². The van der Waals surface area contributed by atoms with Crippen molar-refractivity contribution < 1.29 is 4.79 Å². The lowest BCUT2D eigenvalue weighted by Crippen LogP contribution is -2.31. The first-order valence-corrected chi connectivity index (χ1v) is 6.65. The van der Waals surface area contributed by atoms with E-state index in [1.165, 1.54) is 10.9 Å². The summed E-state index contributed by atoms with van der Waals surface area (Å²) in [5.74, 6) is -0.108. The lowest BCUT2D eigenvalue weighted by atomic mass is 10.4. The SMILES string of the molecule is CCCNC(=O)CNc1cnn(CC)c(=O)c1Br. The van der Waals surface area contributed by atoms with E-state index in [1.807, 2.05) is 13.8 Å². The molecule has 0 fully saturated rings. The maximum absolute atomic E-state index is 11.8. The van der Waals surface area contributed by atoms with Crippen LogP contribution in [-0.2, 0) is 11.3 Å². The van der Waals surface area contributed by atoms with Crippen molar-refractivity contribution in [2.75, 3.05) is 18.4 Å². The molecule has 0 radical (unpaired) electrons. The number of rotatable bonds is 6. The summed E-state index contributed by atoms with van der Waals surface area (Å²) in [5, 5.41) is 9.60. The molecule has 0 atom stereocenters. The molecule has 0 spiro atoms. The molecule has 18 heavy (non-hydrogen) atoms. The molecule has 2 N–H and O–H groups in total. The van der Waals surface area contributed by atoms with Crippen molar-refractivity contribution in [1.82, 2.24) is 15.1 Å². The summed E-state index contributed by atoms with van der Waals surface area (Å²) >= 11 is 3.21. The van der Waals surface area contributed by atoms with Gasteiger partial charge in [-0.3, -0.25) is 9.59 Å². The second kappa shape index (κ2) is 7.15.